The van der Waals surface area contributed by atoms with E-state index < -0.39 is 12.0 Å². The summed E-state index contributed by atoms with van der Waals surface area (Å²) in [6.07, 6.45) is 2.66. The maximum atomic E-state index is 11.9. The lowest BCUT2D eigenvalue weighted by atomic mass is 9.95. The summed E-state index contributed by atoms with van der Waals surface area (Å²) in [5.41, 5.74) is 1.02. The summed E-state index contributed by atoms with van der Waals surface area (Å²) in [5, 5.41) is 9.81. The Hall–Kier alpha value is -1.37. The summed E-state index contributed by atoms with van der Waals surface area (Å²) in [5.74, 6) is 0.0809. The molecule has 2 atom stereocenters. The molecule has 26 heavy (non-hydrogen) atoms. The lowest BCUT2D eigenvalue weighted by Crippen LogP contribution is -2.46. The molecule has 140 valence electrons. The Morgan fingerprint density at radius 3 is 2.85 bits per heavy atom. The van der Waals surface area contributed by atoms with Crippen LogP contribution >= 0.6 is 27.3 Å². The van der Waals surface area contributed by atoms with Crippen molar-refractivity contribution >= 4 is 33.2 Å². The zero-order chi connectivity index (χ0) is 18.7. The van der Waals surface area contributed by atoms with Gasteiger partial charge in [0.05, 0.1) is 12.6 Å². The fraction of sp³-hybridized carbons (Fsp3) is 0.450. The van der Waals surface area contributed by atoms with Crippen molar-refractivity contribution in [1.29, 1.82) is 0 Å². The molecule has 6 heteroatoms. The van der Waals surface area contributed by atoms with Crippen LogP contribution in [0.15, 0.2) is 34.8 Å². The van der Waals surface area contributed by atoms with Gasteiger partial charge < -0.3 is 9.84 Å². The van der Waals surface area contributed by atoms with Crippen LogP contribution in [0.25, 0.3) is 0 Å². The van der Waals surface area contributed by atoms with Gasteiger partial charge in [0.1, 0.15) is 11.8 Å². The van der Waals surface area contributed by atoms with E-state index >= 15 is 0 Å². The van der Waals surface area contributed by atoms with E-state index in [0.29, 0.717) is 13.0 Å². The van der Waals surface area contributed by atoms with Crippen molar-refractivity contribution in [2.75, 3.05) is 13.2 Å². The van der Waals surface area contributed by atoms with E-state index in [-0.39, 0.29) is 6.04 Å². The zero-order valence-corrected chi connectivity index (χ0v) is 17.5. The molecular weight excluding hydrogens is 414 g/mol. The number of hydrogen-bond acceptors (Lipinski definition) is 4. The van der Waals surface area contributed by atoms with Gasteiger partial charge >= 0.3 is 5.97 Å². The molecule has 4 nitrogen and oxygen atoms in total. The Kier molecular flexibility index (Phi) is 6.37. The molecule has 1 aliphatic rings. The number of likely N-dealkylation sites (tertiary alicyclic amines) is 1. The van der Waals surface area contributed by atoms with E-state index in [9.17, 15) is 9.90 Å². The predicted octanol–water partition coefficient (Wildman–Crippen LogP) is 5.25. The fourth-order valence-electron chi connectivity index (χ4n) is 3.64. The summed E-state index contributed by atoms with van der Waals surface area (Å²) < 4.78 is 6.87. The van der Waals surface area contributed by atoms with Gasteiger partial charge in [-0.2, -0.15) is 0 Å². The van der Waals surface area contributed by atoms with Crippen LogP contribution in [-0.2, 0) is 4.79 Å². The molecule has 1 N–H and O–H groups in total. The first-order valence-corrected chi connectivity index (χ1v) is 10.6. The number of halogens is 1. The van der Waals surface area contributed by atoms with Crippen LogP contribution in [0.5, 0.6) is 5.75 Å². The second kappa shape index (κ2) is 8.55. The number of hydrogen-bond donors (Lipinski definition) is 1. The monoisotopic (exact) mass is 437 g/mol. The van der Waals surface area contributed by atoms with E-state index in [1.54, 1.807) is 11.3 Å². The van der Waals surface area contributed by atoms with Crippen LogP contribution in [0.2, 0.25) is 0 Å². The van der Waals surface area contributed by atoms with E-state index in [2.05, 4.69) is 46.0 Å². The smallest absolute Gasteiger partial charge is 0.320 e. The standard InChI is InChI=1S/C20H24BrNO3S/c1-3-25-17-9-8-14(21)12-15(17)19(18-10-7-13(2)26-18)22-11-5-4-6-16(22)20(23)24/h7-10,12,16,19H,3-6,11H2,1-2H3,(H,23,24). The number of ether oxygens (including phenoxy) is 1. The Balaban J connectivity index is 2.13. The minimum Gasteiger partial charge on any atom is -0.494 e. The van der Waals surface area contributed by atoms with Gasteiger partial charge in [0.2, 0.25) is 0 Å². The van der Waals surface area contributed by atoms with Crippen LogP contribution in [0.4, 0.5) is 0 Å². The average Bonchev–Trinajstić information content (AvgIpc) is 3.04. The molecule has 0 spiro atoms. The van der Waals surface area contributed by atoms with E-state index in [1.165, 1.54) is 4.88 Å². The van der Waals surface area contributed by atoms with Crippen LogP contribution in [0, 0.1) is 6.92 Å². The number of carboxylic acid groups (broad SMARTS) is 1. The third kappa shape index (κ3) is 4.13. The fourth-order valence-corrected chi connectivity index (χ4v) is 5.04. The number of carboxylic acids is 1. The highest BCUT2D eigenvalue weighted by atomic mass is 79.9. The van der Waals surface area contributed by atoms with Gasteiger partial charge in [0, 0.05) is 19.8 Å². The van der Waals surface area contributed by atoms with Crippen molar-refractivity contribution in [2.45, 2.75) is 45.2 Å². The Labute approximate surface area is 166 Å². The second-order valence-electron chi connectivity index (χ2n) is 6.55. The van der Waals surface area contributed by atoms with Gasteiger partial charge in [-0.3, -0.25) is 9.69 Å². The topological polar surface area (TPSA) is 49.8 Å². The molecule has 1 fully saturated rings. The number of aryl methyl sites for hydroxylation is 1. The number of carbonyl (C=O) groups is 1. The van der Waals surface area contributed by atoms with E-state index in [0.717, 1.165) is 40.0 Å². The van der Waals surface area contributed by atoms with Crippen molar-refractivity contribution in [3.8, 4) is 5.75 Å². The highest BCUT2D eigenvalue weighted by Crippen LogP contribution is 2.41. The number of benzene rings is 1. The third-order valence-electron chi connectivity index (χ3n) is 4.76. The molecule has 0 saturated carbocycles. The summed E-state index contributed by atoms with van der Waals surface area (Å²) in [6, 6.07) is 9.64. The van der Waals surface area contributed by atoms with Crippen LogP contribution in [0.1, 0.15) is 47.5 Å². The first kappa shape index (κ1) is 19.4. The van der Waals surface area contributed by atoms with E-state index in [4.69, 9.17) is 4.74 Å². The summed E-state index contributed by atoms with van der Waals surface area (Å²) in [4.78, 5) is 16.5. The maximum Gasteiger partial charge on any atom is 0.320 e. The van der Waals surface area contributed by atoms with Crippen molar-refractivity contribution in [2.24, 2.45) is 0 Å². The molecule has 1 aliphatic heterocycles. The van der Waals surface area contributed by atoms with Crippen molar-refractivity contribution in [3.05, 3.63) is 50.1 Å². The molecule has 1 saturated heterocycles. The number of aliphatic carboxylic acids is 1. The molecule has 2 unspecified atom stereocenters. The summed E-state index contributed by atoms with van der Waals surface area (Å²) in [7, 11) is 0. The summed E-state index contributed by atoms with van der Waals surface area (Å²) in [6.45, 7) is 5.40. The molecule has 2 aromatic rings. The minimum atomic E-state index is -0.740. The van der Waals surface area contributed by atoms with Gasteiger partial charge in [-0.1, -0.05) is 22.4 Å². The number of rotatable bonds is 6. The molecule has 3 rings (SSSR count). The van der Waals surface area contributed by atoms with Crippen molar-refractivity contribution in [3.63, 3.8) is 0 Å². The van der Waals surface area contributed by atoms with Gasteiger partial charge in [-0.25, -0.2) is 0 Å². The highest BCUT2D eigenvalue weighted by Gasteiger charge is 2.37. The first-order chi connectivity index (χ1) is 12.5. The zero-order valence-electron chi connectivity index (χ0n) is 15.1. The Morgan fingerprint density at radius 1 is 1.38 bits per heavy atom. The predicted molar refractivity (Wildman–Crippen MR) is 108 cm³/mol. The molecule has 1 aromatic carbocycles. The molecule has 1 aromatic heterocycles. The average molecular weight is 438 g/mol. The van der Waals surface area contributed by atoms with Crippen molar-refractivity contribution < 1.29 is 14.6 Å². The highest BCUT2D eigenvalue weighted by molar-refractivity contribution is 9.10. The van der Waals surface area contributed by atoms with Gasteiger partial charge in [-0.05, 0) is 63.6 Å². The Bertz CT molecular complexity index is 776. The molecule has 2 heterocycles. The van der Waals surface area contributed by atoms with Gasteiger partial charge in [0.25, 0.3) is 0 Å². The van der Waals surface area contributed by atoms with Crippen molar-refractivity contribution in [1.82, 2.24) is 4.90 Å². The van der Waals surface area contributed by atoms with Crippen LogP contribution in [-0.4, -0.2) is 35.2 Å². The molecule has 0 amide bonds. The number of nitrogens with zero attached hydrogens (tertiary/aromatic N) is 1. The molecule has 0 bridgehead atoms. The lowest BCUT2D eigenvalue weighted by molar-refractivity contribution is -0.145. The Morgan fingerprint density at radius 2 is 2.19 bits per heavy atom. The van der Waals surface area contributed by atoms with Gasteiger partial charge in [0.15, 0.2) is 0 Å². The number of piperidine rings is 1. The second-order valence-corrected chi connectivity index (χ2v) is 8.79. The third-order valence-corrected chi connectivity index (χ3v) is 6.30. The van der Waals surface area contributed by atoms with Gasteiger partial charge in [-0.15, -0.1) is 11.3 Å². The molecule has 0 radical (unpaired) electrons. The lowest BCUT2D eigenvalue weighted by Gasteiger charge is -2.39. The molecule has 0 aliphatic carbocycles. The van der Waals surface area contributed by atoms with Crippen LogP contribution < -0.4 is 4.74 Å². The normalized spacial score (nSPS) is 19.3. The van der Waals surface area contributed by atoms with E-state index in [1.807, 2.05) is 19.1 Å². The van der Waals surface area contributed by atoms with Crippen LogP contribution in [0.3, 0.4) is 0 Å². The summed E-state index contributed by atoms with van der Waals surface area (Å²) >= 11 is 5.30. The number of thiophene rings is 1. The first-order valence-electron chi connectivity index (χ1n) is 8.98. The largest absolute Gasteiger partial charge is 0.494 e. The SMILES string of the molecule is CCOc1ccc(Br)cc1C(c1ccc(C)s1)N1CCCCC1C(=O)O. The molecular formula is C20H24BrNO3S. The maximum absolute atomic E-state index is 11.9. The quantitative estimate of drug-likeness (QED) is 0.670. The minimum absolute atomic E-state index is 0.117.